The number of ether oxygens (including phenoxy) is 2. The number of hydrogen-bond acceptors (Lipinski definition) is 4. The summed E-state index contributed by atoms with van der Waals surface area (Å²) < 4.78 is 10.3. The number of carbonyl (C=O) groups is 2. The summed E-state index contributed by atoms with van der Waals surface area (Å²) in [6, 6.07) is 13.3. The van der Waals surface area contributed by atoms with Crippen molar-refractivity contribution in [1.29, 1.82) is 0 Å². The molecule has 102 valence electrons. The van der Waals surface area contributed by atoms with Gasteiger partial charge in [-0.05, 0) is 36.4 Å². The minimum atomic E-state index is -0.542. The highest BCUT2D eigenvalue weighted by molar-refractivity contribution is 5.98. The number of methoxy groups -OCH3 is 1. The molecule has 5 nitrogen and oxygen atoms in total. The van der Waals surface area contributed by atoms with Gasteiger partial charge in [-0.1, -0.05) is 12.1 Å². The summed E-state index contributed by atoms with van der Waals surface area (Å²) in [6.07, 6.45) is 0.513. The fraction of sp³-hybridized carbons (Fsp3) is 0.0667. The van der Waals surface area contributed by atoms with Gasteiger partial charge in [-0.2, -0.15) is 0 Å². The number of rotatable bonds is 5. The van der Waals surface area contributed by atoms with Crippen LogP contribution in [0.25, 0.3) is 0 Å². The Labute approximate surface area is 116 Å². The van der Waals surface area contributed by atoms with Crippen LogP contribution in [0.3, 0.4) is 0 Å². The molecule has 0 saturated carbocycles. The fourth-order valence-corrected chi connectivity index (χ4v) is 1.66. The number of para-hydroxylation sites is 1. The van der Waals surface area contributed by atoms with Gasteiger partial charge in [0.05, 0.1) is 18.4 Å². The second-order valence-corrected chi connectivity index (χ2v) is 3.87. The highest BCUT2D eigenvalue weighted by Crippen LogP contribution is 2.20. The van der Waals surface area contributed by atoms with Crippen LogP contribution in [0.15, 0.2) is 48.5 Å². The average molecular weight is 271 g/mol. The molecular weight excluding hydrogens is 258 g/mol. The first-order valence-corrected chi connectivity index (χ1v) is 5.90. The summed E-state index contributed by atoms with van der Waals surface area (Å²) in [5.41, 5.74) is 0.691. The summed E-state index contributed by atoms with van der Waals surface area (Å²) in [5, 5.41) is 2.46. The molecule has 0 spiro atoms. The van der Waals surface area contributed by atoms with Gasteiger partial charge >= 0.3 is 5.97 Å². The quantitative estimate of drug-likeness (QED) is 0.515. The maximum atomic E-state index is 12.1. The minimum absolute atomic E-state index is 0.287. The highest BCUT2D eigenvalue weighted by atomic mass is 16.5. The third-order valence-electron chi connectivity index (χ3n) is 2.63. The minimum Gasteiger partial charge on any atom is -0.497 e. The van der Waals surface area contributed by atoms with Gasteiger partial charge in [-0.25, -0.2) is 4.79 Å². The van der Waals surface area contributed by atoms with Crippen LogP contribution in [0.4, 0.5) is 5.69 Å². The van der Waals surface area contributed by atoms with Gasteiger partial charge in [0.25, 0.3) is 0 Å². The summed E-state index contributed by atoms with van der Waals surface area (Å²) in [7, 11) is 1.56. The van der Waals surface area contributed by atoms with Crippen molar-refractivity contribution in [2.75, 3.05) is 12.4 Å². The monoisotopic (exact) mass is 271 g/mol. The molecule has 0 unspecified atom stereocenters. The van der Waals surface area contributed by atoms with Gasteiger partial charge in [0.2, 0.25) is 6.41 Å². The van der Waals surface area contributed by atoms with Crippen molar-refractivity contribution in [3.05, 3.63) is 54.1 Å². The zero-order valence-corrected chi connectivity index (χ0v) is 10.8. The first-order chi connectivity index (χ1) is 9.74. The Morgan fingerprint density at radius 1 is 1.05 bits per heavy atom. The van der Waals surface area contributed by atoms with E-state index in [9.17, 15) is 9.59 Å². The lowest BCUT2D eigenvalue weighted by Gasteiger charge is -2.08. The van der Waals surface area contributed by atoms with Gasteiger partial charge in [-0.15, -0.1) is 0 Å². The van der Waals surface area contributed by atoms with E-state index >= 15 is 0 Å². The number of carbonyl (C=O) groups excluding carboxylic acids is 2. The van der Waals surface area contributed by atoms with E-state index in [0.29, 0.717) is 23.6 Å². The van der Waals surface area contributed by atoms with E-state index in [2.05, 4.69) is 5.32 Å². The highest BCUT2D eigenvalue weighted by Gasteiger charge is 2.13. The van der Waals surface area contributed by atoms with Crippen LogP contribution in [0.5, 0.6) is 11.5 Å². The largest absolute Gasteiger partial charge is 0.497 e. The fourth-order valence-electron chi connectivity index (χ4n) is 1.66. The first kappa shape index (κ1) is 13.6. The summed E-state index contributed by atoms with van der Waals surface area (Å²) in [5.74, 6) is 0.532. The Bertz CT molecular complexity index is 608. The molecule has 0 aliphatic heterocycles. The van der Waals surface area contributed by atoms with Crippen LogP contribution in [-0.4, -0.2) is 19.5 Å². The zero-order valence-electron chi connectivity index (χ0n) is 10.8. The molecule has 1 amide bonds. The third kappa shape index (κ3) is 3.14. The van der Waals surface area contributed by atoms with Gasteiger partial charge in [-0.3, -0.25) is 4.79 Å². The predicted octanol–water partition coefficient (Wildman–Crippen LogP) is 2.48. The van der Waals surface area contributed by atoms with Gasteiger partial charge in [0.1, 0.15) is 11.5 Å². The summed E-state index contributed by atoms with van der Waals surface area (Å²) in [4.78, 5) is 22.6. The van der Waals surface area contributed by atoms with Gasteiger partial charge in [0.15, 0.2) is 0 Å². The van der Waals surface area contributed by atoms with Crippen molar-refractivity contribution in [2.45, 2.75) is 0 Å². The molecule has 0 radical (unpaired) electrons. The molecule has 0 aromatic heterocycles. The summed E-state index contributed by atoms with van der Waals surface area (Å²) >= 11 is 0. The van der Waals surface area contributed by atoms with Gasteiger partial charge in [0, 0.05) is 0 Å². The van der Waals surface area contributed by atoms with Crippen molar-refractivity contribution in [1.82, 2.24) is 0 Å². The Balaban J connectivity index is 2.16. The Morgan fingerprint density at radius 3 is 2.35 bits per heavy atom. The van der Waals surface area contributed by atoms with Crippen LogP contribution in [0.1, 0.15) is 10.4 Å². The van der Waals surface area contributed by atoms with E-state index in [1.165, 1.54) is 0 Å². The van der Waals surface area contributed by atoms with Crippen molar-refractivity contribution < 1.29 is 19.1 Å². The first-order valence-electron chi connectivity index (χ1n) is 5.90. The van der Waals surface area contributed by atoms with E-state index < -0.39 is 5.97 Å². The molecule has 5 heteroatoms. The van der Waals surface area contributed by atoms with E-state index in [-0.39, 0.29) is 5.56 Å². The predicted molar refractivity (Wildman–Crippen MR) is 74.1 cm³/mol. The third-order valence-corrected chi connectivity index (χ3v) is 2.63. The molecule has 1 N–H and O–H groups in total. The molecule has 0 heterocycles. The number of benzene rings is 2. The molecule has 2 rings (SSSR count). The molecule has 0 bridgehead atoms. The van der Waals surface area contributed by atoms with Crippen LogP contribution in [-0.2, 0) is 4.79 Å². The SMILES string of the molecule is COc1ccc(OC(=O)c2ccccc2NC=O)cc1. The molecule has 2 aromatic carbocycles. The van der Waals surface area contributed by atoms with E-state index in [0.717, 1.165) is 0 Å². The summed E-state index contributed by atoms with van der Waals surface area (Å²) in [6.45, 7) is 0. The maximum absolute atomic E-state index is 12.1. The number of amides is 1. The van der Waals surface area contributed by atoms with Crippen molar-refractivity contribution in [2.24, 2.45) is 0 Å². The number of hydrogen-bond donors (Lipinski definition) is 1. The lowest BCUT2D eigenvalue weighted by molar-refractivity contribution is -0.105. The lowest BCUT2D eigenvalue weighted by atomic mass is 10.2. The van der Waals surface area contributed by atoms with E-state index in [1.807, 2.05) is 0 Å². The molecule has 0 aliphatic rings. The maximum Gasteiger partial charge on any atom is 0.345 e. The molecule has 2 aromatic rings. The topological polar surface area (TPSA) is 64.6 Å². The van der Waals surface area contributed by atoms with Crippen molar-refractivity contribution in [3.63, 3.8) is 0 Å². The van der Waals surface area contributed by atoms with E-state index in [4.69, 9.17) is 9.47 Å². The van der Waals surface area contributed by atoms with Crippen LogP contribution < -0.4 is 14.8 Å². The van der Waals surface area contributed by atoms with E-state index in [1.54, 1.807) is 55.6 Å². The second-order valence-electron chi connectivity index (χ2n) is 3.87. The molecular formula is C15H13NO4. The van der Waals surface area contributed by atoms with Crippen molar-refractivity contribution in [3.8, 4) is 11.5 Å². The van der Waals surface area contributed by atoms with Crippen molar-refractivity contribution >= 4 is 18.1 Å². The standard InChI is InChI=1S/C15H13NO4/c1-19-11-6-8-12(9-7-11)20-15(18)13-4-2-3-5-14(13)16-10-17/h2-10H,1H3,(H,16,17). The molecule has 0 atom stereocenters. The van der Waals surface area contributed by atoms with Crippen LogP contribution in [0.2, 0.25) is 0 Å². The zero-order chi connectivity index (χ0) is 14.4. The van der Waals surface area contributed by atoms with Crippen LogP contribution >= 0.6 is 0 Å². The van der Waals surface area contributed by atoms with Crippen LogP contribution in [0, 0.1) is 0 Å². The van der Waals surface area contributed by atoms with Gasteiger partial charge < -0.3 is 14.8 Å². The molecule has 20 heavy (non-hydrogen) atoms. The Kier molecular flexibility index (Phi) is 4.34. The second kappa shape index (κ2) is 6.38. The lowest BCUT2D eigenvalue weighted by Crippen LogP contribution is -2.11. The molecule has 0 aliphatic carbocycles. The Morgan fingerprint density at radius 2 is 1.70 bits per heavy atom. The number of nitrogens with one attached hydrogen (secondary N) is 1. The smallest absolute Gasteiger partial charge is 0.345 e. The molecule has 0 fully saturated rings. The Hall–Kier alpha value is -2.82. The number of anilines is 1. The molecule has 0 saturated heterocycles. The normalized spacial score (nSPS) is 9.65. The average Bonchev–Trinajstić information content (AvgIpc) is 2.49. The number of esters is 1.